The average Bonchev–Trinajstić information content (AvgIpc) is 3.05. The van der Waals surface area contributed by atoms with Gasteiger partial charge in [-0.15, -0.1) is 0 Å². The number of hydrogen-bond acceptors (Lipinski definition) is 6. The fourth-order valence-electron chi connectivity index (χ4n) is 5.71. The number of carbonyl (C=O) groups is 3. The quantitative estimate of drug-likeness (QED) is 0.0385. The van der Waals surface area contributed by atoms with Crippen molar-refractivity contribution in [2.24, 2.45) is 5.92 Å². The maximum Gasteiger partial charge on any atom is 0.306 e. The normalized spacial score (nSPS) is 12.5. The first-order valence-corrected chi connectivity index (χ1v) is 19.9. The zero-order chi connectivity index (χ0) is 33.9. The van der Waals surface area contributed by atoms with E-state index in [2.05, 4.69) is 27.7 Å². The summed E-state index contributed by atoms with van der Waals surface area (Å²) in [6.07, 6.45) is 31.1. The minimum atomic E-state index is -0.756. The first-order valence-electron chi connectivity index (χ1n) is 19.9. The van der Waals surface area contributed by atoms with Gasteiger partial charge in [-0.3, -0.25) is 14.4 Å². The number of unbranched alkanes of at least 4 members (excludes halogenated alkanes) is 21. The van der Waals surface area contributed by atoms with Crippen molar-refractivity contribution in [2.75, 3.05) is 13.2 Å². The van der Waals surface area contributed by atoms with Crippen LogP contribution in [-0.2, 0) is 28.6 Å². The van der Waals surface area contributed by atoms with Gasteiger partial charge in [0.15, 0.2) is 6.10 Å². The monoisotopic (exact) mass is 653 g/mol. The highest BCUT2D eigenvalue weighted by Gasteiger charge is 2.19. The van der Waals surface area contributed by atoms with Gasteiger partial charge >= 0.3 is 17.9 Å². The first-order chi connectivity index (χ1) is 22.4. The second kappa shape index (κ2) is 34.7. The molecule has 0 spiro atoms. The number of esters is 3. The van der Waals surface area contributed by atoms with Crippen LogP contribution < -0.4 is 0 Å². The topological polar surface area (TPSA) is 78.9 Å². The molecule has 46 heavy (non-hydrogen) atoms. The lowest BCUT2D eigenvalue weighted by atomic mass is 9.99. The third kappa shape index (κ3) is 32.4. The number of hydrogen-bond donors (Lipinski definition) is 0. The Morgan fingerprint density at radius 1 is 0.435 bits per heavy atom. The van der Waals surface area contributed by atoms with Gasteiger partial charge in [0.2, 0.25) is 0 Å². The summed E-state index contributed by atoms with van der Waals surface area (Å²) in [5.74, 6) is -0.0309. The molecule has 0 N–H and O–H groups in total. The lowest BCUT2D eigenvalue weighted by Crippen LogP contribution is -2.30. The standard InChI is InChI=1S/C40H76O6/c1-5-8-10-12-13-14-15-16-20-24-27-31-38(41)44-34-37(46-40(43)33-29-22-11-9-6-2)35-45-39(42)32-28-25-21-18-17-19-23-26-30-36(4)7-3/h36-37H,5-35H2,1-4H3/t36?,37-/m0/s1. The van der Waals surface area contributed by atoms with Crippen molar-refractivity contribution >= 4 is 17.9 Å². The lowest BCUT2D eigenvalue weighted by molar-refractivity contribution is -0.167. The van der Waals surface area contributed by atoms with E-state index in [-0.39, 0.29) is 31.1 Å². The second-order valence-corrected chi connectivity index (χ2v) is 13.8. The van der Waals surface area contributed by atoms with E-state index in [0.29, 0.717) is 19.3 Å². The van der Waals surface area contributed by atoms with Gasteiger partial charge in [-0.1, -0.05) is 175 Å². The van der Waals surface area contributed by atoms with Crippen LogP contribution in [0.4, 0.5) is 0 Å². The molecule has 0 saturated carbocycles. The van der Waals surface area contributed by atoms with E-state index in [1.807, 2.05) is 0 Å². The minimum absolute atomic E-state index is 0.0664. The molecule has 0 aromatic rings. The molecule has 6 heteroatoms. The summed E-state index contributed by atoms with van der Waals surface area (Å²) in [6.45, 7) is 8.88. The van der Waals surface area contributed by atoms with Crippen LogP contribution in [0.2, 0.25) is 0 Å². The first kappa shape index (κ1) is 44.4. The van der Waals surface area contributed by atoms with Gasteiger partial charge in [0.25, 0.3) is 0 Å². The third-order valence-electron chi connectivity index (χ3n) is 9.15. The highest BCUT2D eigenvalue weighted by molar-refractivity contribution is 5.71. The molecule has 0 aliphatic carbocycles. The van der Waals surface area contributed by atoms with Crippen LogP contribution >= 0.6 is 0 Å². The smallest absolute Gasteiger partial charge is 0.306 e. The van der Waals surface area contributed by atoms with Gasteiger partial charge in [0.05, 0.1) is 0 Å². The molecule has 0 rings (SSSR count). The molecule has 0 aliphatic rings. The molecule has 0 aromatic carbocycles. The Morgan fingerprint density at radius 3 is 1.13 bits per heavy atom. The van der Waals surface area contributed by atoms with Gasteiger partial charge in [-0.25, -0.2) is 0 Å². The molecule has 0 heterocycles. The molecular formula is C40H76O6. The van der Waals surface area contributed by atoms with E-state index in [4.69, 9.17) is 14.2 Å². The molecule has 0 bridgehead atoms. The van der Waals surface area contributed by atoms with E-state index < -0.39 is 6.10 Å². The van der Waals surface area contributed by atoms with Crippen LogP contribution in [-0.4, -0.2) is 37.2 Å². The summed E-state index contributed by atoms with van der Waals surface area (Å²) in [6, 6.07) is 0. The van der Waals surface area contributed by atoms with E-state index in [0.717, 1.165) is 70.1 Å². The average molecular weight is 653 g/mol. The number of carbonyl (C=O) groups excluding carboxylic acids is 3. The summed E-state index contributed by atoms with van der Waals surface area (Å²) >= 11 is 0. The molecule has 0 radical (unpaired) electrons. The minimum Gasteiger partial charge on any atom is -0.462 e. The van der Waals surface area contributed by atoms with Gasteiger partial charge in [0.1, 0.15) is 13.2 Å². The molecule has 0 aromatic heterocycles. The zero-order valence-corrected chi connectivity index (χ0v) is 31.0. The van der Waals surface area contributed by atoms with E-state index in [9.17, 15) is 14.4 Å². The van der Waals surface area contributed by atoms with E-state index in [1.54, 1.807) is 0 Å². The fourth-order valence-corrected chi connectivity index (χ4v) is 5.71. The largest absolute Gasteiger partial charge is 0.462 e. The highest BCUT2D eigenvalue weighted by Crippen LogP contribution is 2.16. The van der Waals surface area contributed by atoms with Crippen LogP contribution in [0.25, 0.3) is 0 Å². The highest BCUT2D eigenvalue weighted by atomic mass is 16.6. The van der Waals surface area contributed by atoms with Crippen LogP contribution in [0.3, 0.4) is 0 Å². The van der Waals surface area contributed by atoms with Crippen molar-refractivity contribution in [3.8, 4) is 0 Å². The molecule has 0 aliphatic heterocycles. The van der Waals surface area contributed by atoms with Crippen LogP contribution in [0.15, 0.2) is 0 Å². The fraction of sp³-hybridized carbons (Fsp3) is 0.925. The van der Waals surface area contributed by atoms with Gasteiger partial charge in [-0.05, 0) is 25.2 Å². The van der Waals surface area contributed by atoms with Crippen molar-refractivity contribution in [2.45, 2.75) is 220 Å². The number of rotatable bonds is 35. The van der Waals surface area contributed by atoms with Crippen LogP contribution in [0, 0.1) is 5.92 Å². The van der Waals surface area contributed by atoms with Gasteiger partial charge in [-0.2, -0.15) is 0 Å². The molecule has 6 nitrogen and oxygen atoms in total. The maximum atomic E-state index is 12.5. The summed E-state index contributed by atoms with van der Waals surface area (Å²) in [5.41, 5.74) is 0. The van der Waals surface area contributed by atoms with Gasteiger partial charge in [0, 0.05) is 19.3 Å². The summed E-state index contributed by atoms with van der Waals surface area (Å²) in [4.78, 5) is 37.2. The SMILES string of the molecule is CCCCCCCCCCCCCC(=O)OC[C@@H](COC(=O)CCCCCCCCCCC(C)CC)OC(=O)CCCCCCC. The molecule has 1 unspecified atom stereocenters. The van der Waals surface area contributed by atoms with E-state index >= 15 is 0 Å². The Balaban J connectivity index is 4.23. The third-order valence-corrected chi connectivity index (χ3v) is 9.15. The Morgan fingerprint density at radius 2 is 0.761 bits per heavy atom. The molecular weight excluding hydrogens is 576 g/mol. The van der Waals surface area contributed by atoms with Crippen molar-refractivity contribution in [1.29, 1.82) is 0 Å². The second-order valence-electron chi connectivity index (χ2n) is 13.8. The summed E-state index contributed by atoms with van der Waals surface area (Å²) < 4.78 is 16.5. The van der Waals surface area contributed by atoms with Crippen molar-refractivity contribution in [3.63, 3.8) is 0 Å². The Hall–Kier alpha value is -1.59. The molecule has 2 atom stereocenters. The van der Waals surface area contributed by atoms with Crippen molar-refractivity contribution in [1.82, 2.24) is 0 Å². The zero-order valence-electron chi connectivity index (χ0n) is 31.0. The molecule has 272 valence electrons. The van der Waals surface area contributed by atoms with E-state index in [1.165, 1.54) is 103 Å². The van der Waals surface area contributed by atoms with Crippen molar-refractivity contribution < 1.29 is 28.6 Å². The number of ether oxygens (including phenoxy) is 3. The van der Waals surface area contributed by atoms with Crippen LogP contribution in [0.5, 0.6) is 0 Å². The molecule has 0 fully saturated rings. The Bertz CT molecular complexity index is 693. The maximum absolute atomic E-state index is 12.5. The summed E-state index contributed by atoms with van der Waals surface area (Å²) in [5, 5.41) is 0. The Kier molecular flexibility index (Phi) is 33.5. The Labute approximate surface area is 285 Å². The molecule has 0 saturated heterocycles. The molecule has 0 amide bonds. The predicted molar refractivity (Wildman–Crippen MR) is 192 cm³/mol. The lowest BCUT2D eigenvalue weighted by Gasteiger charge is -2.18. The van der Waals surface area contributed by atoms with Crippen molar-refractivity contribution in [3.05, 3.63) is 0 Å². The summed E-state index contributed by atoms with van der Waals surface area (Å²) in [7, 11) is 0. The van der Waals surface area contributed by atoms with Crippen LogP contribution in [0.1, 0.15) is 214 Å². The predicted octanol–water partition coefficient (Wildman–Crippen LogP) is 12.0. The van der Waals surface area contributed by atoms with Gasteiger partial charge < -0.3 is 14.2 Å².